The monoisotopic (exact) mass is 361 g/mol. The standard InChI is InChI=1S/C21H19N3O3/c1-13(25)12-23-21(26)20-16-9-8-15(27-2)10-17(16)19(18(11-22)24-20)14-6-4-3-5-7-14/h3-10,13,25H,12H2,1-2H3,(H,23,26). The zero-order chi connectivity index (χ0) is 19.4. The maximum Gasteiger partial charge on any atom is 0.270 e. The average Bonchev–Trinajstić information content (AvgIpc) is 2.70. The van der Waals surface area contributed by atoms with Crippen molar-refractivity contribution < 1.29 is 14.6 Å². The fraction of sp³-hybridized carbons (Fsp3) is 0.190. The number of ether oxygens (including phenoxy) is 1. The highest BCUT2D eigenvalue weighted by Gasteiger charge is 2.20. The van der Waals surface area contributed by atoms with Crippen molar-refractivity contribution in [1.82, 2.24) is 10.3 Å². The molecule has 1 atom stereocenters. The number of carbonyl (C=O) groups excluding carboxylic acids is 1. The van der Waals surface area contributed by atoms with Crippen LogP contribution in [-0.2, 0) is 0 Å². The number of nitriles is 1. The first-order valence-electron chi connectivity index (χ1n) is 8.48. The Morgan fingerprint density at radius 3 is 2.63 bits per heavy atom. The Labute approximate surface area is 157 Å². The van der Waals surface area contributed by atoms with Crippen molar-refractivity contribution in [2.75, 3.05) is 13.7 Å². The van der Waals surface area contributed by atoms with Crippen molar-refractivity contribution in [2.24, 2.45) is 0 Å². The predicted molar refractivity (Wildman–Crippen MR) is 102 cm³/mol. The Kier molecular flexibility index (Phi) is 5.34. The number of hydrogen-bond donors (Lipinski definition) is 2. The number of nitrogens with zero attached hydrogens (tertiary/aromatic N) is 2. The number of pyridine rings is 1. The van der Waals surface area contributed by atoms with Gasteiger partial charge in [0.15, 0.2) is 0 Å². The third kappa shape index (κ3) is 3.73. The largest absolute Gasteiger partial charge is 0.497 e. The van der Waals surface area contributed by atoms with E-state index in [0.29, 0.717) is 22.1 Å². The van der Waals surface area contributed by atoms with E-state index in [2.05, 4.69) is 16.4 Å². The highest BCUT2D eigenvalue weighted by atomic mass is 16.5. The molecule has 6 nitrogen and oxygen atoms in total. The molecular formula is C21H19N3O3. The van der Waals surface area contributed by atoms with Gasteiger partial charge < -0.3 is 15.2 Å². The normalized spacial score (nSPS) is 11.6. The van der Waals surface area contributed by atoms with Crippen molar-refractivity contribution in [3.63, 3.8) is 0 Å². The van der Waals surface area contributed by atoms with Crippen LogP contribution in [0.25, 0.3) is 21.9 Å². The van der Waals surface area contributed by atoms with E-state index < -0.39 is 12.0 Å². The third-order valence-electron chi connectivity index (χ3n) is 4.15. The summed E-state index contributed by atoms with van der Waals surface area (Å²) in [6.45, 7) is 1.68. The molecule has 0 fully saturated rings. The van der Waals surface area contributed by atoms with E-state index in [0.717, 1.165) is 5.56 Å². The summed E-state index contributed by atoms with van der Waals surface area (Å²) in [4.78, 5) is 16.9. The first-order chi connectivity index (χ1) is 13.0. The van der Waals surface area contributed by atoms with Gasteiger partial charge in [0, 0.05) is 17.5 Å². The summed E-state index contributed by atoms with van der Waals surface area (Å²) in [7, 11) is 1.56. The fourth-order valence-electron chi connectivity index (χ4n) is 2.89. The van der Waals surface area contributed by atoms with Gasteiger partial charge in [-0.15, -0.1) is 0 Å². The molecule has 0 aliphatic rings. The van der Waals surface area contributed by atoms with Gasteiger partial charge in [-0.05, 0) is 36.1 Å². The zero-order valence-electron chi connectivity index (χ0n) is 15.1. The second kappa shape index (κ2) is 7.85. The highest BCUT2D eigenvalue weighted by Crippen LogP contribution is 2.34. The van der Waals surface area contributed by atoms with Crippen molar-refractivity contribution in [2.45, 2.75) is 13.0 Å². The zero-order valence-corrected chi connectivity index (χ0v) is 15.1. The SMILES string of the molecule is COc1ccc2c(C(=O)NCC(C)O)nc(C#N)c(-c3ccccc3)c2c1. The van der Waals surface area contributed by atoms with Crippen LogP contribution in [0, 0.1) is 11.3 Å². The summed E-state index contributed by atoms with van der Waals surface area (Å²) in [5.41, 5.74) is 1.78. The second-order valence-corrected chi connectivity index (χ2v) is 6.13. The Bertz CT molecular complexity index is 1020. The van der Waals surface area contributed by atoms with Crippen molar-refractivity contribution in [3.05, 3.63) is 59.9 Å². The minimum atomic E-state index is -0.681. The molecule has 1 amide bonds. The molecule has 0 aliphatic carbocycles. The summed E-state index contributed by atoms with van der Waals surface area (Å²) in [5, 5.41) is 23.0. The Hall–Kier alpha value is -3.43. The van der Waals surface area contributed by atoms with E-state index in [1.807, 2.05) is 30.3 Å². The first-order valence-corrected chi connectivity index (χ1v) is 8.48. The van der Waals surface area contributed by atoms with Gasteiger partial charge in [-0.1, -0.05) is 30.3 Å². The molecule has 3 aromatic rings. The smallest absolute Gasteiger partial charge is 0.270 e. The molecular weight excluding hydrogens is 342 g/mol. The molecule has 0 spiro atoms. The number of methoxy groups -OCH3 is 1. The van der Waals surface area contributed by atoms with Crippen LogP contribution in [0.5, 0.6) is 5.75 Å². The molecule has 6 heteroatoms. The van der Waals surface area contributed by atoms with Crippen LogP contribution < -0.4 is 10.1 Å². The van der Waals surface area contributed by atoms with Gasteiger partial charge in [0.1, 0.15) is 23.2 Å². The molecule has 2 aromatic carbocycles. The summed E-state index contributed by atoms with van der Waals surface area (Å²) in [6, 6.07) is 16.8. The van der Waals surface area contributed by atoms with Crippen LogP contribution in [0.4, 0.5) is 0 Å². The van der Waals surface area contributed by atoms with Crippen LogP contribution in [0.2, 0.25) is 0 Å². The molecule has 0 saturated heterocycles. The molecule has 2 N–H and O–H groups in total. The summed E-state index contributed by atoms with van der Waals surface area (Å²) in [5.74, 6) is 0.173. The van der Waals surface area contributed by atoms with Crippen LogP contribution in [-0.4, -0.2) is 35.8 Å². The first kappa shape index (κ1) is 18.4. The number of nitrogens with one attached hydrogen (secondary N) is 1. The van der Waals surface area contributed by atoms with Gasteiger partial charge in [-0.2, -0.15) is 5.26 Å². The number of benzene rings is 2. The molecule has 1 unspecified atom stereocenters. The molecule has 136 valence electrons. The van der Waals surface area contributed by atoms with Gasteiger partial charge >= 0.3 is 0 Å². The molecule has 1 heterocycles. The van der Waals surface area contributed by atoms with Crippen LogP contribution in [0.3, 0.4) is 0 Å². The quantitative estimate of drug-likeness (QED) is 0.728. The molecule has 0 radical (unpaired) electrons. The second-order valence-electron chi connectivity index (χ2n) is 6.13. The van der Waals surface area contributed by atoms with Crippen LogP contribution in [0.1, 0.15) is 23.1 Å². The summed E-state index contributed by atoms with van der Waals surface area (Å²) < 4.78 is 5.33. The van der Waals surface area contributed by atoms with E-state index in [9.17, 15) is 15.2 Å². The van der Waals surface area contributed by atoms with Crippen molar-refractivity contribution >= 4 is 16.7 Å². The van der Waals surface area contributed by atoms with Gasteiger partial charge in [-0.25, -0.2) is 4.98 Å². The Morgan fingerprint density at radius 2 is 2.00 bits per heavy atom. The van der Waals surface area contributed by atoms with E-state index in [1.54, 1.807) is 32.2 Å². The molecule has 3 rings (SSSR count). The number of fused-ring (bicyclic) bond motifs is 1. The molecule has 0 saturated carbocycles. The maximum atomic E-state index is 12.6. The number of aromatic nitrogens is 1. The minimum Gasteiger partial charge on any atom is -0.497 e. The fourth-order valence-corrected chi connectivity index (χ4v) is 2.89. The average molecular weight is 361 g/mol. The van der Waals surface area contributed by atoms with E-state index in [1.165, 1.54) is 0 Å². The van der Waals surface area contributed by atoms with Crippen LogP contribution in [0.15, 0.2) is 48.5 Å². The Morgan fingerprint density at radius 1 is 1.26 bits per heavy atom. The lowest BCUT2D eigenvalue weighted by molar-refractivity contribution is 0.0921. The number of amides is 1. The third-order valence-corrected chi connectivity index (χ3v) is 4.15. The molecule has 0 bridgehead atoms. The summed E-state index contributed by atoms with van der Waals surface area (Å²) in [6.07, 6.45) is -0.681. The molecule has 27 heavy (non-hydrogen) atoms. The van der Waals surface area contributed by atoms with Crippen molar-refractivity contribution in [1.29, 1.82) is 5.26 Å². The minimum absolute atomic E-state index is 0.0977. The number of hydrogen-bond acceptors (Lipinski definition) is 5. The number of aliphatic hydroxyl groups is 1. The summed E-state index contributed by atoms with van der Waals surface area (Å²) >= 11 is 0. The number of aliphatic hydroxyl groups excluding tert-OH is 1. The maximum absolute atomic E-state index is 12.6. The van der Waals surface area contributed by atoms with Crippen LogP contribution >= 0.6 is 0 Å². The lowest BCUT2D eigenvalue weighted by atomic mass is 9.95. The van der Waals surface area contributed by atoms with Gasteiger partial charge in [0.25, 0.3) is 5.91 Å². The van der Waals surface area contributed by atoms with Gasteiger partial charge in [0.2, 0.25) is 0 Å². The topological polar surface area (TPSA) is 95.2 Å². The molecule has 0 aliphatic heterocycles. The Balaban J connectivity index is 2.28. The van der Waals surface area contributed by atoms with Gasteiger partial charge in [-0.3, -0.25) is 4.79 Å². The predicted octanol–water partition coefficient (Wildman–Crippen LogP) is 2.89. The lowest BCUT2D eigenvalue weighted by Crippen LogP contribution is -2.31. The number of rotatable bonds is 5. The number of carbonyl (C=O) groups is 1. The van der Waals surface area contributed by atoms with Crippen molar-refractivity contribution in [3.8, 4) is 22.9 Å². The molecule has 1 aromatic heterocycles. The van der Waals surface area contributed by atoms with E-state index in [-0.39, 0.29) is 17.9 Å². The lowest BCUT2D eigenvalue weighted by Gasteiger charge is -2.14. The highest BCUT2D eigenvalue weighted by molar-refractivity contribution is 6.10. The van der Waals surface area contributed by atoms with E-state index in [4.69, 9.17) is 4.74 Å². The van der Waals surface area contributed by atoms with Gasteiger partial charge in [0.05, 0.1) is 13.2 Å². The van der Waals surface area contributed by atoms with E-state index >= 15 is 0 Å².